The highest BCUT2D eigenvalue weighted by atomic mass is 19.5. The zero-order chi connectivity index (χ0) is 23.9. The van der Waals surface area contributed by atoms with Gasteiger partial charge in [0.25, 0.3) is 0 Å². The molecule has 174 valence electrons. The average Bonchev–Trinajstić information content (AvgIpc) is 3.16. The fourth-order valence-corrected chi connectivity index (χ4v) is 5.52. The SMILES string of the molecule is CC(C)c1cccc(C(C)C)c1[N+]1=CC2(CCc3ccccc32)CC1(C)C.F[B-](F)(F)F. The summed E-state index contributed by atoms with van der Waals surface area (Å²) in [5.74, 6) is 1.05. The predicted molar refractivity (Wildman–Crippen MR) is 126 cm³/mol. The number of para-hydroxylation sites is 1. The van der Waals surface area contributed by atoms with Crippen LogP contribution in [-0.2, 0) is 11.8 Å². The molecule has 1 unspecified atom stereocenters. The maximum Gasteiger partial charge on any atom is 0.673 e. The van der Waals surface area contributed by atoms with Crippen LogP contribution < -0.4 is 0 Å². The highest BCUT2D eigenvalue weighted by Crippen LogP contribution is 2.50. The van der Waals surface area contributed by atoms with Crippen LogP contribution in [-0.4, -0.2) is 23.6 Å². The summed E-state index contributed by atoms with van der Waals surface area (Å²) in [5.41, 5.74) is 7.85. The molecule has 2 aromatic rings. The summed E-state index contributed by atoms with van der Waals surface area (Å²) >= 11 is 0. The average molecular weight is 447 g/mol. The molecule has 2 aliphatic rings. The topological polar surface area (TPSA) is 3.01 Å². The number of aryl methyl sites for hydroxylation is 1. The third kappa shape index (κ3) is 4.94. The minimum atomic E-state index is -6.00. The molecule has 1 spiro atoms. The van der Waals surface area contributed by atoms with Crippen LogP contribution in [0.3, 0.4) is 0 Å². The predicted octanol–water partition coefficient (Wildman–Crippen LogP) is 8.01. The van der Waals surface area contributed by atoms with Crippen LogP contribution in [0.2, 0.25) is 0 Å². The maximum atomic E-state index is 9.75. The van der Waals surface area contributed by atoms with Gasteiger partial charge in [0.1, 0.15) is 0 Å². The van der Waals surface area contributed by atoms with Crippen molar-refractivity contribution in [3.05, 3.63) is 64.7 Å². The normalized spacial score (nSPS) is 21.6. The molecule has 4 rings (SSSR count). The van der Waals surface area contributed by atoms with Crippen molar-refractivity contribution in [2.24, 2.45) is 0 Å². The van der Waals surface area contributed by atoms with Crippen LogP contribution in [0.15, 0.2) is 42.5 Å². The largest absolute Gasteiger partial charge is 0.673 e. The lowest BCUT2D eigenvalue weighted by molar-refractivity contribution is -0.513. The summed E-state index contributed by atoms with van der Waals surface area (Å²) in [6, 6.07) is 16.0. The number of fused-ring (bicyclic) bond motifs is 2. The van der Waals surface area contributed by atoms with Gasteiger partial charge < -0.3 is 17.3 Å². The Morgan fingerprint density at radius 2 is 1.38 bits per heavy atom. The van der Waals surface area contributed by atoms with Crippen molar-refractivity contribution in [1.29, 1.82) is 0 Å². The van der Waals surface area contributed by atoms with E-state index in [1.165, 1.54) is 36.1 Å². The molecule has 1 atom stereocenters. The Morgan fingerprint density at radius 3 is 1.91 bits per heavy atom. The molecule has 1 nitrogen and oxygen atoms in total. The summed E-state index contributed by atoms with van der Waals surface area (Å²) in [5, 5.41) is 0. The van der Waals surface area contributed by atoms with E-state index in [0.717, 1.165) is 0 Å². The Morgan fingerprint density at radius 1 is 0.844 bits per heavy atom. The van der Waals surface area contributed by atoms with E-state index in [4.69, 9.17) is 0 Å². The van der Waals surface area contributed by atoms with Crippen LogP contribution in [0.25, 0.3) is 0 Å². The molecule has 1 aliphatic heterocycles. The highest BCUT2D eigenvalue weighted by molar-refractivity contribution is 6.50. The van der Waals surface area contributed by atoms with Gasteiger partial charge in [0.05, 0.1) is 5.41 Å². The van der Waals surface area contributed by atoms with Crippen LogP contribution in [0.5, 0.6) is 0 Å². The number of halogens is 4. The highest BCUT2D eigenvalue weighted by Gasteiger charge is 2.55. The standard InChI is InChI=1S/C26H34N.BF4/c1-18(2)21-11-9-12-22(19(3)4)24(21)27-17-26(16-25(27,5)6)15-14-20-10-7-8-13-23(20)26;2-1(3,4)5/h7-13,17-19H,14-16H2,1-6H3;/q+1;-1. The molecular weight excluding hydrogens is 413 g/mol. The molecule has 0 saturated heterocycles. The number of rotatable bonds is 3. The molecule has 6 heteroatoms. The van der Waals surface area contributed by atoms with Crippen molar-refractivity contribution in [1.82, 2.24) is 0 Å². The van der Waals surface area contributed by atoms with Crippen LogP contribution in [0.4, 0.5) is 23.0 Å². The van der Waals surface area contributed by atoms with E-state index in [1.54, 1.807) is 11.1 Å². The molecule has 1 heterocycles. The molecule has 0 amide bonds. The van der Waals surface area contributed by atoms with Gasteiger partial charge in [0.2, 0.25) is 5.69 Å². The summed E-state index contributed by atoms with van der Waals surface area (Å²) in [6.45, 7) is 14.2. The van der Waals surface area contributed by atoms with E-state index in [0.29, 0.717) is 11.8 Å². The van der Waals surface area contributed by atoms with E-state index in [1.807, 2.05) is 0 Å². The first-order chi connectivity index (χ1) is 14.8. The summed E-state index contributed by atoms with van der Waals surface area (Å²) in [6.07, 6.45) is 6.25. The van der Waals surface area contributed by atoms with E-state index in [9.17, 15) is 17.3 Å². The molecule has 2 aromatic carbocycles. The monoisotopic (exact) mass is 447 g/mol. The van der Waals surface area contributed by atoms with Crippen molar-refractivity contribution in [3.63, 3.8) is 0 Å². The van der Waals surface area contributed by atoms with E-state index < -0.39 is 7.25 Å². The van der Waals surface area contributed by atoms with Gasteiger partial charge in [-0.3, -0.25) is 0 Å². The van der Waals surface area contributed by atoms with Crippen LogP contribution >= 0.6 is 0 Å². The lowest BCUT2D eigenvalue weighted by atomic mass is 9.77. The Balaban J connectivity index is 0.000000523. The van der Waals surface area contributed by atoms with Gasteiger partial charge in [-0.25, -0.2) is 0 Å². The van der Waals surface area contributed by atoms with Gasteiger partial charge >= 0.3 is 7.25 Å². The van der Waals surface area contributed by atoms with E-state index in [2.05, 4.69) is 94.8 Å². The molecular formula is C26H34BF4N. The number of nitrogens with zero attached hydrogens (tertiary/aromatic N) is 1. The molecule has 32 heavy (non-hydrogen) atoms. The summed E-state index contributed by atoms with van der Waals surface area (Å²) < 4.78 is 41.7. The van der Waals surface area contributed by atoms with Gasteiger partial charge in [0.15, 0.2) is 11.8 Å². The number of benzene rings is 2. The fourth-order valence-electron chi connectivity index (χ4n) is 5.52. The van der Waals surface area contributed by atoms with Crippen molar-refractivity contribution in [2.45, 2.75) is 83.6 Å². The summed E-state index contributed by atoms with van der Waals surface area (Å²) in [7, 11) is -6.00. The van der Waals surface area contributed by atoms with Gasteiger partial charge in [-0.15, -0.1) is 0 Å². The molecule has 0 N–H and O–H groups in total. The van der Waals surface area contributed by atoms with Gasteiger partial charge in [0, 0.05) is 31.4 Å². The second-order valence-electron chi connectivity index (χ2n) is 10.4. The van der Waals surface area contributed by atoms with Crippen molar-refractivity contribution in [2.75, 3.05) is 0 Å². The van der Waals surface area contributed by atoms with Gasteiger partial charge in [-0.05, 0) is 35.8 Å². The molecule has 1 aliphatic carbocycles. The quantitative estimate of drug-likeness (QED) is 0.255. The van der Waals surface area contributed by atoms with Crippen molar-refractivity contribution < 1.29 is 21.8 Å². The Hall–Kier alpha value is -2.11. The first-order valence-electron chi connectivity index (χ1n) is 11.5. The van der Waals surface area contributed by atoms with Gasteiger partial charge in [-0.2, -0.15) is 4.58 Å². The lowest BCUT2D eigenvalue weighted by Crippen LogP contribution is -2.31. The van der Waals surface area contributed by atoms with Crippen molar-refractivity contribution >= 4 is 19.2 Å². The Kier molecular flexibility index (Phi) is 6.66. The molecule has 0 saturated carbocycles. The van der Waals surface area contributed by atoms with E-state index in [-0.39, 0.29) is 11.0 Å². The maximum absolute atomic E-state index is 9.75. The molecule has 0 radical (unpaired) electrons. The van der Waals surface area contributed by atoms with E-state index >= 15 is 0 Å². The minimum absolute atomic E-state index is 0.117. The molecule has 0 bridgehead atoms. The second-order valence-corrected chi connectivity index (χ2v) is 10.4. The number of hydrogen-bond acceptors (Lipinski definition) is 0. The first-order valence-corrected chi connectivity index (χ1v) is 11.5. The fraction of sp³-hybridized carbons (Fsp3) is 0.500. The minimum Gasteiger partial charge on any atom is -0.418 e. The Labute approximate surface area is 189 Å². The molecule has 0 fully saturated rings. The molecule has 0 aromatic heterocycles. The van der Waals surface area contributed by atoms with Crippen LogP contribution in [0, 0.1) is 0 Å². The van der Waals surface area contributed by atoms with Gasteiger partial charge in [-0.1, -0.05) is 70.2 Å². The second kappa shape index (κ2) is 8.68. The zero-order valence-corrected chi connectivity index (χ0v) is 19.9. The van der Waals surface area contributed by atoms with Crippen LogP contribution in [0.1, 0.15) is 88.5 Å². The third-order valence-electron chi connectivity index (χ3n) is 6.75. The first kappa shape index (κ1) is 24.5. The zero-order valence-electron chi connectivity index (χ0n) is 19.9. The Bertz CT molecular complexity index is 975. The van der Waals surface area contributed by atoms with Crippen molar-refractivity contribution in [3.8, 4) is 0 Å². The summed E-state index contributed by atoms with van der Waals surface area (Å²) in [4.78, 5) is 0. The lowest BCUT2D eigenvalue weighted by Gasteiger charge is -2.24. The number of hydrogen-bond donors (Lipinski definition) is 0. The third-order valence-corrected chi connectivity index (χ3v) is 6.75. The smallest absolute Gasteiger partial charge is 0.418 e.